The summed E-state index contributed by atoms with van der Waals surface area (Å²) in [5.74, 6) is 0. The number of nitrogens with zero attached hydrogens (tertiary/aromatic N) is 2. The van der Waals surface area contributed by atoms with Gasteiger partial charge in [-0.3, -0.25) is 4.90 Å². The molecule has 0 radical (unpaired) electrons. The van der Waals surface area contributed by atoms with Crippen molar-refractivity contribution < 1.29 is 0 Å². The van der Waals surface area contributed by atoms with E-state index in [0.29, 0.717) is 5.41 Å². The lowest BCUT2D eigenvalue weighted by atomic mass is 9.91. The Kier molecular flexibility index (Phi) is 3.93. The van der Waals surface area contributed by atoms with Gasteiger partial charge in [0.1, 0.15) is 5.54 Å². The number of nitriles is 1. The molecule has 76 valence electrons. The minimum atomic E-state index is -0.342. The first-order valence-electron chi connectivity index (χ1n) is 4.81. The third-order valence-electron chi connectivity index (χ3n) is 2.43. The smallest absolute Gasteiger partial charge is 0.103 e. The van der Waals surface area contributed by atoms with Gasteiger partial charge >= 0.3 is 0 Å². The van der Waals surface area contributed by atoms with Crippen LogP contribution in [0.4, 0.5) is 0 Å². The predicted molar refractivity (Wildman–Crippen MR) is 56.4 cm³/mol. The standard InChI is InChI=1S/C11H22N2/c1-10(2,3)7-8-13(6)11(4,5)9-12/h7-8H2,1-6H3. The molecule has 0 amide bonds. The first-order valence-corrected chi connectivity index (χ1v) is 4.81. The maximum atomic E-state index is 8.90. The van der Waals surface area contributed by atoms with Gasteiger partial charge in [-0.1, -0.05) is 20.8 Å². The molecule has 13 heavy (non-hydrogen) atoms. The highest BCUT2D eigenvalue weighted by molar-refractivity contribution is 5.00. The fraction of sp³-hybridized carbons (Fsp3) is 0.909. The molecular formula is C11H22N2. The van der Waals surface area contributed by atoms with Gasteiger partial charge in [0.25, 0.3) is 0 Å². The van der Waals surface area contributed by atoms with Gasteiger partial charge in [0.2, 0.25) is 0 Å². The van der Waals surface area contributed by atoms with Crippen LogP contribution >= 0.6 is 0 Å². The topological polar surface area (TPSA) is 27.0 Å². The average Bonchev–Trinajstić information content (AvgIpc) is 1.98. The molecule has 0 aliphatic carbocycles. The molecule has 0 unspecified atom stereocenters. The first kappa shape index (κ1) is 12.4. The van der Waals surface area contributed by atoms with E-state index in [2.05, 4.69) is 31.7 Å². The zero-order valence-corrected chi connectivity index (χ0v) is 9.81. The molecule has 0 saturated heterocycles. The summed E-state index contributed by atoms with van der Waals surface area (Å²) in [6.07, 6.45) is 1.12. The van der Waals surface area contributed by atoms with Crippen LogP contribution in [0.5, 0.6) is 0 Å². The second-order valence-corrected chi connectivity index (χ2v) is 5.40. The van der Waals surface area contributed by atoms with Crippen molar-refractivity contribution in [3.05, 3.63) is 0 Å². The van der Waals surface area contributed by atoms with Crippen molar-refractivity contribution in [3.63, 3.8) is 0 Å². The predicted octanol–water partition coefficient (Wildman–Crippen LogP) is 2.66. The largest absolute Gasteiger partial charge is 0.289 e. The third-order valence-corrected chi connectivity index (χ3v) is 2.43. The van der Waals surface area contributed by atoms with Crippen LogP contribution in [0.3, 0.4) is 0 Å². The lowest BCUT2D eigenvalue weighted by Gasteiger charge is -2.31. The van der Waals surface area contributed by atoms with Crippen molar-refractivity contribution in [2.24, 2.45) is 5.41 Å². The monoisotopic (exact) mass is 182 g/mol. The Bertz CT molecular complexity index is 193. The van der Waals surface area contributed by atoms with Gasteiger partial charge in [0, 0.05) is 0 Å². The molecule has 0 aliphatic heterocycles. The van der Waals surface area contributed by atoms with Crippen LogP contribution in [-0.2, 0) is 0 Å². The van der Waals surface area contributed by atoms with E-state index in [1.165, 1.54) is 0 Å². The molecule has 0 saturated carbocycles. The van der Waals surface area contributed by atoms with Crippen molar-refractivity contribution >= 4 is 0 Å². The van der Waals surface area contributed by atoms with E-state index in [1.807, 2.05) is 20.9 Å². The first-order chi connectivity index (χ1) is 5.69. The van der Waals surface area contributed by atoms with Gasteiger partial charge in [-0.15, -0.1) is 0 Å². The molecular weight excluding hydrogens is 160 g/mol. The molecule has 0 aliphatic rings. The molecule has 0 fully saturated rings. The molecule has 2 nitrogen and oxygen atoms in total. The van der Waals surface area contributed by atoms with Crippen LogP contribution < -0.4 is 0 Å². The van der Waals surface area contributed by atoms with E-state index in [-0.39, 0.29) is 5.54 Å². The lowest BCUT2D eigenvalue weighted by Crippen LogP contribution is -2.41. The molecule has 2 heteroatoms. The Morgan fingerprint density at radius 2 is 1.62 bits per heavy atom. The van der Waals surface area contributed by atoms with E-state index < -0.39 is 0 Å². The summed E-state index contributed by atoms with van der Waals surface area (Å²) in [7, 11) is 2.01. The van der Waals surface area contributed by atoms with Crippen LogP contribution in [0.1, 0.15) is 41.0 Å². The SMILES string of the molecule is CN(CCC(C)(C)C)C(C)(C)C#N. The summed E-state index contributed by atoms with van der Waals surface area (Å²) in [5, 5.41) is 8.90. The molecule has 0 aromatic heterocycles. The normalized spacial score (nSPS) is 13.1. The highest BCUT2D eigenvalue weighted by Gasteiger charge is 2.23. The van der Waals surface area contributed by atoms with E-state index >= 15 is 0 Å². The Labute approximate surface area is 82.5 Å². The van der Waals surface area contributed by atoms with E-state index in [0.717, 1.165) is 13.0 Å². The zero-order chi connectivity index (χ0) is 10.7. The van der Waals surface area contributed by atoms with Crippen molar-refractivity contribution in [1.82, 2.24) is 4.90 Å². The summed E-state index contributed by atoms with van der Waals surface area (Å²) in [4.78, 5) is 2.11. The lowest BCUT2D eigenvalue weighted by molar-refractivity contribution is 0.181. The summed E-state index contributed by atoms with van der Waals surface area (Å²) < 4.78 is 0. The highest BCUT2D eigenvalue weighted by Crippen LogP contribution is 2.20. The van der Waals surface area contributed by atoms with Gasteiger partial charge in [-0.25, -0.2) is 0 Å². The molecule has 0 aromatic rings. The van der Waals surface area contributed by atoms with Crippen LogP contribution in [0.25, 0.3) is 0 Å². The number of rotatable bonds is 3. The van der Waals surface area contributed by atoms with E-state index in [1.54, 1.807) is 0 Å². The zero-order valence-electron chi connectivity index (χ0n) is 9.81. The summed E-state index contributed by atoms with van der Waals surface area (Å²) in [6.45, 7) is 11.6. The summed E-state index contributed by atoms with van der Waals surface area (Å²) in [5.41, 5.74) is 0.00501. The van der Waals surface area contributed by atoms with E-state index in [4.69, 9.17) is 5.26 Å². The van der Waals surface area contributed by atoms with Crippen LogP contribution in [0.15, 0.2) is 0 Å². The Balaban J connectivity index is 4.04. The van der Waals surface area contributed by atoms with Crippen molar-refractivity contribution in [2.75, 3.05) is 13.6 Å². The van der Waals surface area contributed by atoms with Gasteiger partial charge in [0.05, 0.1) is 6.07 Å². The van der Waals surface area contributed by atoms with Gasteiger partial charge in [-0.2, -0.15) is 5.26 Å². The van der Waals surface area contributed by atoms with Crippen molar-refractivity contribution in [2.45, 2.75) is 46.6 Å². The van der Waals surface area contributed by atoms with Crippen LogP contribution in [-0.4, -0.2) is 24.0 Å². The quantitative estimate of drug-likeness (QED) is 0.671. The molecule has 0 bridgehead atoms. The molecule has 0 rings (SSSR count). The molecule has 0 heterocycles. The second kappa shape index (κ2) is 4.11. The van der Waals surface area contributed by atoms with Crippen LogP contribution in [0.2, 0.25) is 0 Å². The highest BCUT2D eigenvalue weighted by atomic mass is 15.2. The minimum absolute atomic E-state index is 0.342. The average molecular weight is 182 g/mol. The van der Waals surface area contributed by atoms with Gasteiger partial charge in [0.15, 0.2) is 0 Å². The molecule has 0 N–H and O–H groups in total. The molecule has 0 spiro atoms. The Morgan fingerprint density at radius 1 is 1.15 bits per heavy atom. The molecule has 0 aromatic carbocycles. The fourth-order valence-corrected chi connectivity index (χ4v) is 0.868. The van der Waals surface area contributed by atoms with Crippen LogP contribution in [0, 0.1) is 16.7 Å². The summed E-state index contributed by atoms with van der Waals surface area (Å²) >= 11 is 0. The fourth-order valence-electron chi connectivity index (χ4n) is 0.868. The maximum Gasteiger partial charge on any atom is 0.103 e. The third kappa shape index (κ3) is 4.90. The Morgan fingerprint density at radius 3 is 1.92 bits per heavy atom. The second-order valence-electron chi connectivity index (χ2n) is 5.40. The van der Waals surface area contributed by atoms with E-state index in [9.17, 15) is 0 Å². The number of hydrogen-bond acceptors (Lipinski definition) is 2. The molecule has 0 atom stereocenters. The Hall–Kier alpha value is -0.550. The van der Waals surface area contributed by atoms with Crippen molar-refractivity contribution in [3.8, 4) is 6.07 Å². The minimum Gasteiger partial charge on any atom is -0.289 e. The van der Waals surface area contributed by atoms with Crippen molar-refractivity contribution in [1.29, 1.82) is 5.26 Å². The number of hydrogen-bond donors (Lipinski definition) is 0. The maximum absolute atomic E-state index is 8.90. The van der Waals surface area contributed by atoms with Gasteiger partial charge < -0.3 is 0 Å². The van der Waals surface area contributed by atoms with Gasteiger partial charge in [-0.05, 0) is 39.3 Å². The summed E-state index contributed by atoms with van der Waals surface area (Å²) in [6, 6.07) is 2.30.